The van der Waals surface area contributed by atoms with Crippen molar-refractivity contribution in [2.45, 2.75) is 34.2 Å². The van der Waals surface area contributed by atoms with Crippen molar-refractivity contribution in [2.75, 3.05) is 5.32 Å². The number of hydrogen-bond acceptors (Lipinski definition) is 5. The van der Waals surface area contributed by atoms with Crippen LogP contribution in [-0.2, 0) is 13.6 Å². The first-order valence-corrected chi connectivity index (χ1v) is 8.78. The third kappa shape index (κ3) is 3.51. The number of nitrogens with one attached hydrogen (secondary N) is 1. The van der Waals surface area contributed by atoms with E-state index in [-0.39, 0.29) is 11.6 Å². The quantitative estimate of drug-likeness (QED) is 0.539. The summed E-state index contributed by atoms with van der Waals surface area (Å²) in [6, 6.07) is 7.13. The summed E-state index contributed by atoms with van der Waals surface area (Å²) < 4.78 is 3.30. The number of amides is 1. The minimum atomic E-state index is -0.420. The molecule has 146 valence electrons. The molecule has 3 aromatic rings. The van der Waals surface area contributed by atoms with Gasteiger partial charge in [-0.1, -0.05) is 12.1 Å². The number of anilines is 1. The normalized spacial score (nSPS) is 10.9. The van der Waals surface area contributed by atoms with Gasteiger partial charge < -0.3 is 5.32 Å². The summed E-state index contributed by atoms with van der Waals surface area (Å²) in [7, 11) is 1.83. The van der Waals surface area contributed by atoms with Gasteiger partial charge in [-0.2, -0.15) is 10.2 Å². The Morgan fingerprint density at radius 2 is 1.86 bits per heavy atom. The van der Waals surface area contributed by atoms with Crippen LogP contribution in [0.5, 0.6) is 0 Å². The third-order valence-electron chi connectivity index (χ3n) is 4.79. The molecule has 0 aliphatic rings. The summed E-state index contributed by atoms with van der Waals surface area (Å²) in [5.41, 5.74) is 4.53. The van der Waals surface area contributed by atoms with Gasteiger partial charge in [-0.3, -0.25) is 24.3 Å². The second kappa shape index (κ2) is 7.26. The SMILES string of the molecule is Cc1nn(C)c(C)c1NC(=O)c1cccc(Cn2nc(C)c([N+](=O)[O-])c2C)c1. The topological polar surface area (TPSA) is 108 Å². The summed E-state index contributed by atoms with van der Waals surface area (Å²) in [5, 5.41) is 22.6. The molecule has 9 heteroatoms. The average molecular weight is 382 g/mol. The van der Waals surface area contributed by atoms with Gasteiger partial charge in [0.25, 0.3) is 5.91 Å². The molecular formula is C19H22N6O3. The second-order valence-electron chi connectivity index (χ2n) is 6.76. The summed E-state index contributed by atoms with van der Waals surface area (Å²) in [6.45, 7) is 7.36. The summed E-state index contributed by atoms with van der Waals surface area (Å²) in [6.07, 6.45) is 0. The highest BCUT2D eigenvalue weighted by Crippen LogP contribution is 2.23. The van der Waals surface area contributed by atoms with Crippen molar-refractivity contribution >= 4 is 17.3 Å². The van der Waals surface area contributed by atoms with E-state index >= 15 is 0 Å². The van der Waals surface area contributed by atoms with Crippen molar-refractivity contribution in [1.82, 2.24) is 19.6 Å². The van der Waals surface area contributed by atoms with Crippen molar-refractivity contribution in [3.63, 3.8) is 0 Å². The van der Waals surface area contributed by atoms with E-state index in [2.05, 4.69) is 15.5 Å². The Kier molecular flexibility index (Phi) is 5.00. The molecule has 0 spiro atoms. The zero-order chi connectivity index (χ0) is 20.6. The van der Waals surface area contributed by atoms with E-state index in [1.54, 1.807) is 41.4 Å². The predicted octanol–water partition coefficient (Wildman–Crippen LogP) is 3.06. The largest absolute Gasteiger partial charge is 0.319 e. The molecule has 0 aliphatic carbocycles. The fraction of sp³-hybridized carbons (Fsp3) is 0.316. The van der Waals surface area contributed by atoms with Gasteiger partial charge in [-0.25, -0.2) is 0 Å². The van der Waals surface area contributed by atoms with Gasteiger partial charge in [0.05, 0.1) is 28.5 Å². The zero-order valence-corrected chi connectivity index (χ0v) is 16.5. The molecule has 0 aliphatic heterocycles. The van der Waals surface area contributed by atoms with E-state index in [1.807, 2.05) is 27.0 Å². The fourth-order valence-electron chi connectivity index (χ4n) is 3.23. The number of nitrogens with zero attached hydrogens (tertiary/aromatic N) is 5. The standard InChI is InChI=1S/C19H22N6O3/c1-11-17(13(3)23(5)21-11)20-19(26)16-8-6-7-15(9-16)10-24-14(4)18(25(27)28)12(2)22-24/h6-9H,10H2,1-5H3,(H,20,26). The number of hydrogen-bond donors (Lipinski definition) is 1. The highest BCUT2D eigenvalue weighted by atomic mass is 16.6. The Morgan fingerprint density at radius 3 is 2.43 bits per heavy atom. The number of aryl methyl sites for hydroxylation is 3. The number of carbonyl (C=O) groups excluding carboxylic acids is 1. The molecule has 3 rings (SSSR count). The van der Waals surface area contributed by atoms with Gasteiger partial charge in [-0.15, -0.1) is 0 Å². The monoisotopic (exact) mass is 382 g/mol. The van der Waals surface area contributed by atoms with Crippen LogP contribution < -0.4 is 5.32 Å². The first kappa shape index (κ1) is 19.3. The first-order chi connectivity index (χ1) is 13.2. The number of nitro groups is 1. The Balaban J connectivity index is 1.84. The molecule has 1 amide bonds. The van der Waals surface area contributed by atoms with Crippen LogP contribution in [0.4, 0.5) is 11.4 Å². The van der Waals surface area contributed by atoms with Crippen molar-refractivity contribution in [2.24, 2.45) is 7.05 Å². The Hall–Kier alpha value is -3.49. The highest BCUT2D eigenvalue weighted by Gasteiger charge is 2.22. The van der Waals surface area contributed by atoms with E-state index in [0.717, 1.165) is 17.0 Å². The Bertz CT molecular complexity index is 1080. The molecule has 0 saturated carbocycles. The molecule has 1 aromatic carbocycles. The van der Waals surface area contributed by atoms with Crippen LogP contribution in [0.15, 0.2) is 24.3 Å². The summed E-state index contributed by atoms with van der Waals surface area (Å²) in [4.78, 5) is 23.4. The number of carbonyl (C=O) groups is 1. The average Bonchev–Trinajstić information content (AvgIpc) is 3.04. The van der Waals surface area contributed by atoms with Gasteiger partial charge in [0.1, 0.15) is 11.4 Å². The van der Waals surface area contributed by atoms with Crippen LogP contribution in [0, 0.1) is 37.8 Å². The van der Waals surface area contributed by atoms with Crippen molar-refractivity contribution in [1.29, 1.82) is 0 Å². The lowest BCUT2D eigenvalue weighted by Crippen LogP contribution is -2.14. The van der Waals surface area contributed by atoms with Crippen molar-refractivity contribution < 1.29 is 9.72 Å². The van der Waals surface area contributed by atoms with Crippen LogP contribution in [0.1, 0.15) is 38.7 Å². The van der Waals surface area contributed by atoms with Crippen LogP contribution in [0.2, 0.25) is 0 Å². The molecule has 9 nitrogen and oxygen atoms in total. The van der Waals surface area contributed by atoms with Gasteiger partial charge in [-0.05, 0) is 45.4 Å². The number of benzene rings is 1. The van der Waals surface area contributed by atoms with Crippen LogP contribution >= 0.6 is 0 Å². The van der Waals surface area contributed by atoms with Gasteiger partial charge in [0.15, 0.2) is 0 Å². The maximum atomic E-state index is 12.7. The van der Waals surface area contributed by atoms with Crippen LogP contribution in [0.25, 0.3) is 0 Å². The molecule has 0 radical (unpaired) electrons. The van der Waals surface area contributed by atoms with E-state index in [1.165, 1.54) is 0 Å². The minimum Gasteiger partial charge on any atom is -0.319 e. The minimum absolute atomic E-state index is 0.0245. The molecule has 0 saturated heterocycles. The highest BCUT2D eigenvalue weighted by molar-refractivity contribution is 6.05. The molecule has 0 bridgehead atoms. The van der Waals surface area contributed by atoms with E-state index in [4.69, 9.17) is 0 Å². The van der Waals surface area contributed by atoms with Crippen LogP contribution in [-0.4, -0.2) is 30.4 Å². The Morgan fingerprint density at radius 1 is 1.14 bits per heavy atom. The zero-order valence-electron chi connectivity index (χ0n) is 16.5. The van der Waals surface area contributed by atoms with Crippen LogP contribution in [0.3, 0.4) is 0 Å². The maximum absolute atomic E-state index is 12.7. The summed E-state index contributed by atoms with van der Waals surface area (Å²) >= 11 is 0. The molecule has 0 atom stereocenters. The maximum Gasteiger partial charge on any atom is 0.312 e. The molecule has 0 fully saturated rings. The number of rotatable bonds is 5. The lowest BCUT2D eigenvalue weighted by atomic mass is 10.1. The second-order valence-corrected chi connectivity index (χ2v) is 6.76. The molecule has 2 aromatic heterocycles. The molecule has 28 heavy (non-hydrogen) atoms. The predicted molar refractivity (Wildman–Crippen MR) is 105 cm³/mol. The lowest BCUT2D eigenvalue weighted by Gasteiger charge is -2.08. The van der Waals surface area contributed by atoms with Crippen molar-refractivity contribution in [3.05, 3.63) is 68.3 Å². The lowest BCUT2D eigenvalue weighted by molar-refractivity contribution is -0.386. The number of aromatic nitrogens is 4. The smallest absolute Gasteiger partial charge is 0.312 e. The molecular weight excluding hydrogens is 360 g/mol. The van der Waals surface area contributed by atoms with Crippen molar-refractivity contribution in [3.8, 4) is 0 Å². The third-order valence-corrected chi connectivity index (χ3v) is 4.79. The fourth-order valence-corrected chi connectivity index (χ4v) is 3.23. The first-order valence-electron chi connectivity index (χ1n) is 8.78. The summed E-state index contributed by atoms with van der Waals surface area (Å²) in [5.74, 6) is -0.236. The molecule has 2 heterocycles. The van der Waals surface area contributed by atoms with Gasteiger partial charge in [0, 0.05) is 12.6 Å². The van der Waals surface area contributed by atoms with Gasteiger partial charge >= 0.3 is 5.69 Å². The van der Waals surface area contributed by atoms with E-state index in [0.29, 0.717) is 29.2 Å². The molecule has 1 N–H and O–H groups in total. The van der Waals surface area contributed by atoms with E-state index in [9.17, 15) is 14.9 Å². The van der Waals surface area contributed by atoms with E-state index < -0.39 is 4.92 Å². The Labute approximate surface area is 162 Å². The van der Waals surface area contributed by atoms with Gasteiger partial charge in [0.2, 0.25) is 0 Å². The molecule has 0 unspecified atom stereocenters.